The largest absolute Gasteiger partial charge is 0.381 e. The number of benzene rings is 1. The Kier molecular flexibility index (Phi) is 5.28. The molecule has 116 valence electrons. The fourth-order valence-electron chi connectivity index (χ4n) is 3.69. The lowest BCUT2D eigenvalue weighted by molar-refractivity contribution is 0.00148. The SMILES string of the molecule is CCNC(CC1OCCc2ccccc21)C1CCCOC1. The highest BCUT2D eigenvalue weighted by Crippen LogP contribution is 2.33. The lowest BCUT2D eigenvalue weighted by atomic mass is 9.86. The molecule has 2 aliphatic rings. The van der Waals surface area contributed by atoms with Crippen molar-refractivity contribution in [2.24, 2.45) is 5.92 Å². The van der Waals surface area contributed by atoms with E-state index in [1.54, 1.807) is 0 Å². The highest BCUT2D eigenvalue weighted by Gasteiger charge is 2.29. The van der Waals surface area contributed by atoms with Crippen LogP contribution >= 0.6 is 0 Å². The quantitative estimate of drug-likeness (QED) is 0.903. The van der Waals surface area contributed by atoms with Crippen LogP contribution in [0.4, 0.5) is 0 Å². The molecular weight excluding hydrogens is 262 g/mol. The highest BCUT2D eigenvalue weighted by molar-refractivity contribution is 5.31. The summed E-state index contributed by atoms with van der Waals surface area (Å²) in [6.45, 7) is 5.87. The van der Waals surface area contributed by atoms with Crippen LogP contribution in [-0.2, 0) is 15.9 Å². The van der Waals surface area contributed by atoms with Gasteiger partial charge >= 0.3 is 0 Å². The Labute approximate surface area is 128 Å². The Morgan fingerprint density at radius 2 is 2.19 bits per heavy atom. The van der Waals surface area contributed by atoms with E-state index < -0.39 is 0 Å². The topological polar surface area (TPSA) is 30.5 Å². The van der Waals surface area contributed by atoms with E-state index in [1.165, 1.54) is 24.0 Å². The second-order valence-electron chi connectivity index (χ2n) is 6.19. The van der Waals surface area contributed by atoms with Gasteiger partial charge in [0.25, 0.3) is 0 Å². The van der Waals surface area contributed by atoms with Crippen molar-refractivity contribution in [3.05, 3.63) is 35.4 Å². The summed E-state index contributed by atoms with van der Waals surface area (Å²) in [4.78, 5) is 0. The van der Waals surface area contributed by atoms with E-state index in [0.717, 1.165) is 39.2 Å². The lowest BCUT2D eigenvalue weighted by Gasteiger charge is -2.35. The van der Waals surface area contributed by atoms with Crippen LogP contribution in [-0.4, -0.2) is 32.4 Å². The number of fused-ring (bicyclic) bond motifs is 1. The summed E-state index contributed by atoms with van der Waals surface area (Å²) < 4.78 is 11.8. The van der Waals surface area contributed by atoms with Crippen LogP contribution in [0.25, 0.3) is 0 Å². The molecule has 3 rings (SSSR count). The minimum absolute atomic E-state index is 0.237. The van der Waals surface area contributed by atoms with Gasteiger partial charge in [-0.2, -0.15) is 0 Å². The molecule has 1 N–H and O–H groups in total. The van der Waals surface area contributed by atoms with Crippen molar-refractivity contribution < 1.29 is 9.47 Å². The summed E-state index contributed by atoms with van der Waals surface area (Å²) >= 11 is 0. The van der Waals surface area contributed by atoms with Crippen LogP contribution < -0.4 is 5.32 Å². The van der Waals surface area contributed by atoms with E-state index in [2.05, 4.69) is 36.5 Å². The Morgan fingerprint density at radius 3 is 3.00 bits per heavy atom. The second kappa shape index (κ2) is 7.39. The molecule has 0 aliphatic carbocycles. The monoisotopic (exact) mass is 289 g/mol. The van der Waals surface area contributed by atoms with E-state index in [9.17, 15) is 0 Å². The van der Waals surface area contributed by atoms with E-state index in [1.807, 2.05) is 0 Å². The van der Waals surface area contributed by atoms with E-state index in [-0.39, 0.29) is 6.10 Å². The smallest absolute Gasteiger partial charge is 0.0842 e. The van der Waals surface area contributed by atoms with Gasteiger partial charge in [0, 0.05) is 12.6 Å². The molecule has 3 atom stereocenters. The van der Waals surface area contributed by atoms with E-state index in [0.29, 0.717) is 12.0 Å². The molecule has 1 fully saturated rings. The summed E-state index contributed by atoms with van der Waals surface area (Å²) in [5.41, 5.74) is 2.85. The number of hydrogen-bond donors (Lipinski definition) is 1. The van der Waals surface area contributed by atoms with Gasteiger partial charge < -0.3 is 14.8 Å². The first-order valence-corrected chi connectivity index (χ1v) is 8.39. The zero-order chi connectivity index (χ0) is 14.5. The third-order valence-electron chi connectivity index (χ3n) is 4.79. The number of ether oxygens (including phenoxy) is 2. The number of hydrogen-bond acceptors (Lipinski definition) is 3. The molecule has 2 heterocycles. The van der Waals surface area contributed by atoms with Gasteiger partial charge in [-0.3, -0.25) is 0 Å². The summed E-state index contributed by atoms with van der Waals surface area (Å²) in [7, 11) is 0. The Morgan fingerprint density at radius 1 is 1.29 bits per heavy atom. The first-order chi connectivity index (χ1) is 10.4. The van der Waals surface area contributed by atoms with Crippen LogP contribution in [0.2, 0.25) is 0 Å². The van der Waals surface area contributed by atoms with Gasteiger partial charge in [0.2, 0.25) is 0 Å². The van der Waals surface area contributed by atoms with Crippen molar-refractivity contribution in [3.8, 4) is 0 Å². The Balaban J connectivity index is 1.71. The first-order valence-electron chi connectivity index (χ1n) is 8.39. The molecule has 1 aromatic carbocycles. The van der Waals surface area contributed by atoms with Gasteiger partial charge in [0.1, 0.15) is 0 Å². The van der Waals surface area contributed by atoms with Gasteiger partial charge in [-0.15, -0.1) is 0 Å². The van der Waals surface area contributed by atoms with Gasteiger partial charge in [-0.25, -0.2) is 0 Å². The molecule has 0 radical (unpaired) electrons. The summed E-state index contributed by atoms with van der Waals surface area (Å²) in [6, 6.07) is 9.24. The van der Waals surface area contributed by atoms with E-state index in [4.69, 9.17) is 9.47 Å². The first kappa shape index (κ1) is 15.0. The maximum absolute atomic E-state index is 6.09. The van der Waals surface area contributed by atoms with Crippen molar-refractivity contribution >= 4 is 0 Å². The molecule has 0 bridgehead atoms. The zero-order valence-corrected chi connectivity index (χ0v) is 13.0. The summed E-state index contributed by atoms with van der Waals surface area (Å²) in [6.07, 6.45) is 4.80. The minimum atomic E-state index is 0.237. The van der Waals surface area contributed by atoms with Gasteiger partial charge in [-0.05, 0) is 49.3 Å². The molecule has 0 amide bonds. The molecule has 3 heteroatoms. The van der Waals surface area contributed by atoms with Gasteiger partial charge in [0.05, 0.1) is 19.3 Å². The minimum Gasteiger partial charge on any atom is -0.381 e. The van der Waals surface area contributed by atoms with Crippen molar-refractivity contribution in [1.29, 1.82) is 0 Å². The maximum atomic E-state index is 6.09. The standard InChI is InChI=1S/C18H27NO2/c1-2-19-17(15-7-5-10-20-13-15)12-18-16-8-4-3-6-14(16)9-11-21-18/h3-4,6,8,15,17-19H,2,5,7,9-13H2,1H3. The third kappa shape index (κ3) is 3.65. The predicted octanol–water partition coefficient (Wildman–Crippen LogP) is 3.10. The fourth-order valence-corrected chi connectivity index (χ4v) is 3.69. The number of nitrogens with one attached hydrogen (secondary N) is 1. The molecule has 0 aromatic heterocycles. The predicted molar refractivity (Wildman–Crippen MR) is 84.5 cm³/mol. The van der Waals surface area contributed by atoms with Gasteiger partial charge in [0.15, 0.2) is 0 Å². The van der Waals surface area contributed by atoms with Crippen molar-refractivity contribution in [2.75, 3.05) is 26.4 Å². The molecule has 3 unspecified atom stereocenters. The molecule has 3 nitrogen and oxygen atoms in total. The molecular formula is C18H27NO2. The highest BCUT2D eigenvalue weighted by atomic mass is 16.5. The summed E-state index contributed by atoms with van der Waals surface area (Å²) in [5.74, 6) is 0.622. The fraction of sp³-hybridized carbons (Fsp3) is 0.667. The second-order valence-corrected chi connectivity index (χ2v) is 6.19. The average Bonchev–Trinajstić information content (AvgIpc) is 2.55. The third-order valence-corrected chi connectivity index (χ3v) is 4.79. The van der Waals surface area contributed by atoms with Crippen molar-refractivity contribution in [1.82, 2.24) is 5.32 Å². The van der Waals surface area contributed by atoms with E-state index >= 15 is 0 Å². The Hall–Kier alpha value is -0.900. The molecule has 21 heavy (non-hydrogen) atoms. The van der Waals surface area contributed by atoms with Crippen LogP contribution in [0.3, 0.4) is 0 Å². The van der Waals surface area contributed by atoms with Gasteiger partial charge in [-0.1, -0.05) is 31.2 Å². The molecule has 1 aromatic rings. The maximum Gasteiger partial charge on any atom is 0.0842 e. The van der Waals surface area contributed by atoms with Crippen LogP contribution in [0.5, 0.6) is 0 Å². The van der Waals surface area contributed by atoms with Crippen LogP contribution in [0.1, 0.15) is 43.4 Å². The molecule has 2 aliphatic heterocycles. The number of rotatable bonds is 5. The normalized spacial score (nSPS) is 27.1. The van der Waals surface area contributed by atoms with Crippen molar-refractivity contribution in [2.45, 2.75) is 44.8 Å². The molecule has 0 saturated carbocycles. The molecule has 1 saturated heterocycles. The molecule has 0 spiro atoms. The summed E-state index contributed by atoms with van der Waals surface area (Å²) in [5, 5.41) is 3.67. The zero-order valence-electron chi connectivity index (χ0n) is 13.0. The lowest BCUT2D eigenvalue weighted by Crippen LogP contribution is -2.41. The van der Waals surface area contributed by atoms with Crippen LogP contribution in [0, 0.1) is 5.92 Å². The Bertz CT molecular complexity index is 443. The van der Waals surface area contributed by atoms with Crippen LogP contribution in [0.15, 0.2) is 24.3 Å². The van der Waals surface area contributed by atoms with Crippen molar-refractivity contribution in [3.63, 3.8) is 0 Å². The average molecular weight is 289 g/mol.